The zero-order valence-corrected chi connectivity index (χ0v) is 10.6. The molecular formula is C11H8BrNO2S. The van der Waals surface area contributed by atoms with Crippen molar-refractivity contribution in [1.29, 1.82) is 0 Å². The van der Waals surface area contributed by atoms with E-state index >= 15 is 0 Å². The molecule has 5 heteroatoms. The molecule has 2 rings (SSSR count). The van der Waals surface area contributed by atoms with E-state index in [1.54, 1.807) is 5.38 Å². The van der Waals surface area contributed by atoms with Crippen molar-refractivity contribution >= 4 is 33.2 Å². The molecule has 0 unspecified atom stereocenters. The van der Waals surface area contributed by atoms with E-state index in [1.807, 2.05) is 24.3 Å². The third kappa shape index (κ3) is 2.31. The Balaban J connectivity index is 2.31. The summed E-state index contributed by atoms with van der Waals surface area (Å²) < 4.78 is 0. The number of nitrogens with zero attached hydrogens (tertiary/aromatic N) is 1. The number of benzene rings is 1. The van der Waals surface area contributed by atoms with Crippen molar-refractivity contribution < 1.29 is 9.90 Å². The van der Waals surface area contributed by atoms with Gasteiger partial charge in [-0.3, -0.25) is 0 Å². The average molecular weight is 298 g/mol. The summed E-state index contributed by atoms with van der Waals surface area (Å²) in [6.45, 7) is 0. The molecule has 0 spiro atoms. The lowest BCUT2D eigenvalue weighted by Crippen LogP contribution is -1.95. The van der Waals surface area contributed by atoms with E-state index in [0.29, 0.717) is 0 Å². The second-order valence-corrected chi connectivity index (χ2v) is 4.59. The minimum absolute atomic E-state index is 0.101. The summed E-state index contributed by atoms with van der Waals surface area (Å²) in [6, 6.07) is 7.87. The van der Waals surface area contributed by atoms with E-state index in [-0.39, 0.29) is 5.69 Å². The molecule has 0 saturated heterocycles. The number of aromatic carboxylic acids is 1. The number of aromatic nitrogens is 1. The summed E-state index contributed by atoms with van der Waals surface area (Å²) in [5, 5.41) is 11.9. The molecule has 0 aliphatic heterocycles. The van der Waals surface area contributed by atoms with Crippen LogP contribution in [0, 0.1) is 0 Å². The van der Waals surface area contributed by atoms with Crippen molar-refractivity contribution in [3.8, 4) is 10.6 Å². The van der Waals surface area contributed by atoms with E-state index in [0.717, 1.165) is 15.9 Å². The number of rotatable bonds is 3. The minimum Gasteiger partial charge on any atom is -0.476 e. The molecule has 0 amide bonds. The zero-order valence-electron chi connectivity index (χ0n) is 8.18. The van der Waals surface area contributed by atoms with Crippen LogP contribution in [-0.4, -0.2) is 16.1 Å². The maximum Gasteiger partial charge on any atom is 0.355 e. The largest absolute Gasteiger partial charge is 0.476 e. The van der Waals surface area contributed by atoms with Gasteiger partial charge in [-0.25, -0.2) is 9.78 Å². The maximum atomic E-state index is 10.7. The van der Waals surface area contributed by atoms with Gasteiger partial charge >= 0.3 is 5.97 Å². The molecule has 0 aliphatic rings. The molecule has 0 fully saturated rings. The first-order chi connectivity index (χ1) is 7.70. The van der Waals surface area contributed by atoms with Gasteiger partial charge in [-0.15, -0.1) is 11.3 Å². The molecule has 0 saturated carbocycles. The molecule has 82 valence electrons. The van der Waals surface area contributed by atoms with Gasteiger partial charge in [0.1, 0.15) is 5.01 Å². The molecule has 1 aromatic carbocycles. The molecule has 1 aromatic heterocycles. The highest BCUT2D eigenvalue weighted by Gasteiger charge is 2.09. The number of alkyl halides is 1. The summed E-state index contributed by atoms with van der Waals surface area (Å²) in [6.07, 6.45) is 0. The summed E-state index contributed by atoms with van der Waals surface area (Å²) >= 11 is 4.71. The maximum absolute atomic E-state index is 10.7. The Kier molecular flexibility index (Phi) is 3.36. The van der Waals surface area contributed by atoms with Gasteiger partial charge in [0.05, 0.1) is 0 Å². The van der Waals surface area contributed by atoms with Crippen LogP contribution in [0.5, 0.6) is 0 Å². The number of thiazole rings is 1. The fraction of sp³-hybridized carbons (Fsp3) is 0.0909. The Morgan fingerprint density at radius 1 is 1.38 bits per heavy atom. The average Bonchev–Trinajstić information content (AvgIpc) is 2.78. The first-order valence-corrected chi connectivity index (χ1v) is 6.55. The smallest absolute Gasteiger partial charge is 0.355 e. The van der Waals surface area contributed by atoms with Gasteiger partial charge in [0.2, 0.25) is 0 Å². The van der Waals surface area contributed by atoms with Crippen LogP contribution in [0.1, 0.15) is 16.1 Å². The third-order valence-electron chi connectivity index (χ3n) is 2.08. The van der Waals surface area contributed by atoms with Crippen molar-refractivity contribution in [1.82, 2.24) is 4.98 Å². The van der Waals surface area contributed by atoms with E-state index in [1.165, 1.54) is 16.9 Å². The normalized spacial score (nSPS) is 10.3. The summed E-state index contributed by atoms with van der Waals surface area (Å²) in [4.78, 5) is 14.7. The first kappa shape index (κ1) is 11.3. The highest BCUT2D eigenvalue weighted by Crippen LogP contribution is 2.24. The van der Waals surface area contributed by atoms with Gasteiger partial charge in [-0.2, -0.15) is 0 Å². The monoisotopic (exact) mass is 297 g/mol. The van der Waals surface area contributed by atoms with Gasteiger partial charge < -0.3 is 5.11 Å². The van der Waals surface area contributed by atoms with E-state index < -0.39 is 5.97 Å². The molecule has 1 N–H and O–H groups in total. The number of hydrogen-bond donors (Lipinski definition) is 1. The topological polar surface area (TPSA) is 50.2 Å². The lowest BCUT2D eigenvalue weighted by Gasteiger charge is -1.97. The van der Waals surface area contributed by atoms with Crippen molar-refractivity contribution in [2.24, 2.45) is 0 Å². The van der Waals surface area contributed by atoms with Crippen LogP contribution < -0.4 is 0 Å². The Morgan fingerprint density at radius 2 is 2.06 bits per heavy atom. The van der Waals surface area contributed by atoms with E-state index in [9.17, 15) is 4.79 Å². The Labute approximate surface area is 105 Å². The van der Waals surface area contributed by atoms with Crippen molar-refractivity contribution in [3.63, 3.8) is 0 Å². The van der Waals surface area contributed by atoms with Gasteiger partial charge in [-0.05, 0) is 5.56 Å². The van der Waals surface area contributed by atoms with Crippen LogP contribution in [-0.2, 0) is 5.33 Å². The molecule has 16 heavy (non-hydrogen) atoms. The fourth-order valence-electron chi connectivity index (χ4n) is 1.24. The third-order valence-corrected chi connectivity index (χ3v) is 3.62. The van der Waals surface area contributed by atoms with E-state index in [4.69, 9.17) is 5.11 Å². The molecule has 3 nitrogen and oxygen atoms in total. The summed E-state index contributed by atoms with van der Waals surface area (Å²) in [7, 11) is 0. The Bertz CT molecular complexity index is 507. The highest BCUT2D eigenvalue weighted by molar-refractivity contribution is 9.08. The molecule has 2 aromatic rings. The van der Waals surface area contributed by atoms with Gasteiger partial charge in [0, 0.05) is 16.3 Å². The predicted octanol–water partition coefficient (Wildman–Crippen LogP) is 3.40. The van der Waals surface area contributed by atoms with Crippen LogP contribution >= 0.6 is 27.3 Å². The molecule has 0 bridgehead atoms. The second kappa shape index (κ2) is 4.76. The standard InChI is InChI=1S/C11H8BrNO2S/c12-5-7-1-3-8(4-2-7)10-13-9(6-16-10)11(14)15/h1-4,6H,5H2,(H,14,15). The van der Waals surface area contributed by atoms with Crippen molar-refractivity contribution in [2.75, 3.05) is 0 Å². The van der Waals surface area contributed by atoms with Gasteiger partial charge in [0.15, 0.2) is 5.69 Å². The number of carboxylic acids is 1. The first-order valence-electron chi connectivity index (χ1n) is 4.55. The summed E-state index contributed by atoms with van der Waals surface area (Å²) in [5.74, 6) is -0.987. The van der Waals surface area contributed by atoms with Crippen LogP contribution in [0.4, 0.5) is 0 Å². The van der Waals surface area contributed by atoms with Gasteiger partial charge in [-0.1, -0.05) is 40.2 Å². The fourth-order valence-corrected chi connectivity index (χ4v) is 2.41. The van der Waals surface area contributed by atoms with Crippen LogP contribution in [0.25, 0.3) is 10.6 Å². The zero-order chi connectivity index (χ0) is 11.5. The quantitative estimate of drug-likeness (QED) is 0.883. The van der Waals surface area contributed by atoms with Crippen molar-refractivity contribution in [3.05, 3.63) is 40.9 Å². The van der Waals surface area contributed by atoms with Crippen LogP contribution in [0.3, 0.4) is 0 Å². The molecule has 1 heterocycles. The molecule has 0 radical (unpaired) electrons. The highest BCUT2D eigenvalue weighted by atomic mass is 79.9. The number of hydrogen-bond acceptors (Lipinski definition) is 3. The molecule has 0 atom stereocenters. The van der Waals surface area contributed by atoms with Crippen molar-refractivity contribution in [2.45, 2.75) is 5.33 Å². The SMILES string of the molecule is O=C(O)c1csc(-c2ccc(CBr)cc2)n1. The predicted molar refractivity (Wildman–Crippen MR) is 67.1 cm³/mol. The molecular weight excluding hydrogens is 290 g/mol. The van der Waals surface area contributed by atoms with Gasteiger partial charge in [0.25, 0.3) is 0 Å². The molecule has 0 aliphatic carbocycles. The summed E-state index contributed by atoms with van der Waals surface area (Å²) in [5.41, 5.74) is 2.23. The van der Waals surface area contributed by atoms with Crippen LogP contribution in [0.2, 0.25) is 0 Å². The lowest BCUT2D eigenvalue weighted by molar-refractivity contribution is 0.0691. The number of halogens is 1. The number of carboxylic acid groups (broad SMARTS) is 1. The second-order valence-electron chi connectivity index (χ2n) is 3.17. The lowest BCUT2D eigenvalue weighted by atomic mass is 10.2. The van der Waals surface area contributed by atoms with E-state index in [2.05, 4.69) is 20.9 Å². The minimum atomic E-state index is -0.987. The Morgan fingerprint density at radius 3 is 2.56 bits per heavy atom. The number of carbonyl (C=O) groups is 1. The van der Waals surface area contributed by atoms with Crippen LogP contribution in [0.15, 0.2) is 29.6 Å². The Hall–Kier alpha value is -1.20.